The average Bonchev–Trinajstić information content (AvgIpc) is 3.01. The monoisotopic (exact) mass is 384 g/mol. The van der Waals surface area contributed by atoms with Crippen LogP contribution in [0.3, 0.4) is 0 Å². The molecule has 0 aliphatic heterocycles. The van der Waals surface area contributed by atoms with Crippen LogP contribution in [0, 0.1) is 0 Å². The molecule has 0 aliphatic rings. The Labute approximate surface area is 166 Å². The molecule has 2 rings (SSSR count). The number of hydrogen-bond donors (Lipinski definition) is 1. The van der Waals surface area contributed by atoms with Crippen LogP contribution < -0.4 is 5.32 Å². The molecule has 5 nitrogen and oxygen atoms in total. The van der Waals surface area contributed by atoms with Crippen molar-refractivity contribution in [1.29, 1.82) is 0 Å². The summed E-state index contributed by atoms with van der Waals surface area (Å²) < 4.78 is 1.99. The first kappa shape index (κ1) is 21.0. The Morgan fingerprint density at radius 1 is 1.22 bits per heavy atom. The molecule has 0 aliphatic carbocycles. The van der Waals surface area contributed by atoms with Crippen molar-refractivity contribution in [2.45, 2.75) is 50.1 Å². The van der Waals surface area contributed by atoms with Crippen molar-refractivity contribution in [2.75, 3.05) is 6.54 Å². The smallest absolute Gasteiger partial charge is 0.233 e. The first-order valence-electron chi connectivity index (χ1n) is 8.98. The van der Waals surface area contributed by atoms with Gasteiger partial charge in [-0.2, -0.15) is 0 Å². The molecule has 0 unspecified atom stereocenters. The van der Waals surface area contributed by atoms with Crippen LogP contribution in [-0.2, 0) is 16.8 Å². The van der Waals surface area contributed by atoms with Crippen LogP contribution >= 0.6 is 11.8 Å². The predicted molar refractivity (Wildman–Crippen MR) is 113 cm³/mol. The zero-order chi connectivity index (χ0) is 20.0. The number of nitrogens with one attached hydrogen (secondary N) is 1. The van der Waals surface area contributed by atoms with Gasteiger partial charge in [0.25, 0.3) is 0 Å². The van der Waals surface area contributed by atoms with Crippen molar-refractivity contribution in [3.05, 3.63) is 55.1 Å². The summed E-state index contributed by atoms with van der Waals surface area (Å²) in [6.45, 7) is 16.9. The Hall–Kier alpha value is -2.34. The molecule has 6 heteroatoms. The Morgan fingerprint density at radius 3 is 2.44 bits per heavy atom. The van der Waals surface area contributed by atoms with Gasteiger partial charge < -0.3 is 5.32 Å². The van der Waals surface area contributed by atoms with E-state index in [0.717, 1.165) is 11.4 Å². The number of benzene rings is 1. The molecule has 0 saturated carbocycles. The SMILES string of the molecule is C=CCNC(=O)[C@H](C)Sc1nnc(-c2ccc(C(C)(C)C)cc2)n1CC=C. The van der Waals surface area contributed by atoms with Crippen LogP contribution in [0.15, 0.2) is 54.7 Å². The van der Waals surface area contributed by atoms with Crippen LogP contribution in [0.5, 0.6) is 0 Å². The largest absolute Gasteiger partial charge is 0.352 e. The average molecular weight is 385 g/mol. The topological polar surface area (TPSA) is 59.8 Å². The molecule has 1 aromatic heterocycles. The van der Waals surface area contributed by atoms with E-state index in [9.17, 15) is 4.79 Å². The molecule has 1 aromatic carbocycles. The number of thioether (sulfide) groups is 1. The minimum absolute atomic E-state index is 0.0517. The molecule has 0 spiro atoms. The molecular weight excluding hydrogens is 356 g/mol. The van der Waals surface area contributed by atoms with E-state index < -0.39 is 0 Å². The fourth-order valence-corrected chi connectivity index (χ4v) is 3.41. The van der Waals surface area contributed by atoms with Gasteiger partial charge in [0.1, 0.15) is 0 Å². The highest BCUT2D eigenvalue weighted by molar-refractivity contribution is 8.00. The maximum Gasteiger partial charge on any atom is 0.233 e. The van der Waals surface area contributed by atoms with Crippen LogP contribution in [-0.4, -0.2) is 32.5 Å². The number of nitrogens with zero attached hydrogens (tertiary/aromatic N) is 3. The van der Waals surface area contributed by atoms with Gasteiger partial charge in [-0.05, 0) is 17.9 Å². The third kappa shape index (κ3) is 5.32. The number of allylic oxidation sites excluding steroid dienone is 1. The molecule has 2 aromatic rings. The zero-order valence-electron chi connectivity index (χ0n) is 16.5. The first-order chi connectivity index (χ1) is 12.8. The van der Waals surface area contributed by atoms with Gasteiger partial charge >= 0.3 is 0 Å². The van der Waals surface area contributed by atoms with Crippen molar-refractivity contribution in [1.82, 2.24) is 20.1 Å². The lowest BCUT2D eigenvalue weighted by atomic mass is 9.87. The minimum atomic E-state index is -0.283. The summed E-state index contributed by atoms with van der Waals surface area (Å²) in [7, 11) is 0. The second-order valence-corrected chi connectivity index (χ2v) is 8.63. The zero-order valence-corrected chi connectivity index (χ0v) is 17.3. The predicted octanol–water partition coefficient (Wildman–Crippen LogP) is 4.21. The van der Waals surface area contributed by atoms with Crippen LogP contribution in [0.25, 0.3) is 11.4 Å². The quantitative estimate of drug-likeness (QED) is 0.547. The van der Waals surface area contributed by atoms with Crippen LogP contribution in [0.2, 0.25) is 0 Å². The molecule has 1 amide bonds. The third-order valence-electron chi connectivity index (χ3n) is 4.11. The number of aromatic nitrogens is 3. The molecule has 0 radical (unpaired) electrons. The second kappa shape index (κ2) is 9.04. The van der Waals surface area contributed by atoms with Crippen molar-refractivity contribution < 1.29 is 4.79 Å². The van der Waals surface area contributed by atoms with Gasteiger partial charge in [0, 0.05) is 18.7 Å². The third-order valence-corrected chi connectivity index (χ3v) is 5.19. The van der Waals surface area contributed by atoms with Crippen LogP contribution in [0.1, 0.15) is 33.3 Å². The highest BCUT2D eigenvalue weighted by Crippen LogP contribution is 2.29. The summed E-state index contributed by atoms with van der Waals surface area (Å²) in [5, 5.41) is 11.9. The minimum Gasteiger partial charge on any atom is -0.352 e. The highest BCUT2D eigenvalue weighted by Gasteiger charge is 2.20. The Bertz CT molecular complexity index is 803. The molecule has 144 valence electrons. The maximum atomic E-state index is 12.1. The van der Waals surface area contributed by atoms with Gasteiger partial charge in [-0.1, -0.05) is 69.0 Å². The van der Waals surface area contributed by atoms with Gasteiger partial charge in [0.15, 0.2) is 11.0 Å². The molecule has 0 fully saturated rings. The van der Waals surface area contributed by atoms with Gasteiger partial charge in [-0.25, -0.2) is 0 Å². The number of carbonyl (C=O) groups excluding carboxylic acids is 1. The molecule has 0 saturated heterocycles. The van der Waals surface area contributed by atoms with E-state index in [2.05, 4.69) is 73.7 Å². The Kier molecular flexibility index (Phi) is 7.02. The summed E-state index contributed by atoms with van der Waals surface area (Å²) in [6, 6.07) is 8.39. The number of hydrogen-bond acceptors (Lipinski definition) is 4. The highest BCUT2D eigenvalue weighted by atomic mass is 32.2. The molecule has 1 atom stereocenters. The molecule has 1 heterocycles. The fraction of sp³-hybridized carbons (Fsp3) is 0.381. The number of rotatable bonds is 8. The lowest BCUT2D eigenvalue weighted by Gasteiger charge is -2.19. The van der Waals surface area contributed by atoms with Gasteiger partial charge in [0.05, 0.1) is 5.25 Å². The van der Waals surface area contributed by atoms with Crippen molar-refractivity contribution in [2.24, 2.45) is 0 Å². The van der Waals surface area contributed by atoms with E-state index in [-0.39, 0.29) is 16.6 Å². The molecule has 1 N–H and O–H groups in total. The van der Waals surface area contributed by atoms with E-state index in [0.29, 0.717) is 18.2 Å². The number of carbonyl (C=O) groups is 1. The summed E-state index contributed by atoms with van der Waals surface area (Å²) in [5.41, 5.74) is 2.36. The van der Waals surface area contributed by atoms with Crippen LogP contribution in [0.4, 0.5) is 0 Å². The summed E-state index contributed by atoms with van der Waals surface area (Å²) in [6.07, 6.45) is 3.47. The van der Waals surface area contributed by atoms with E-state index in [1.54, 1.807) is 6.08 Å². The van der Waals surface area contributed by atoms with Crippen molar-refractivity contribution in [3.63, 3.8) is 0 Å². The standard InChI is InChI=1S/C21H28N4OS/c1-7-13-22-19(26)15(3)27-20-24-23-18(25(20)14-8-2)16-9-11-17(12-10-16)21(4,5)6/h7-12,15H,1-2,13-14H2,3-6H3,(H,22,26)/t15-/m0/s1. The Morgan fingerprint density at radius 2 is 1.89 bits per heavy atom. The normalized spacial score (nSPS) is 12.4. The summed E-state index contributed by atoms with van der Waals surface area (Å²) in [5.74, 6) is 0.723. The van der Waals surface area contributed by atoms with E-state index in [4.69, 9.17) is 0 Å². The van der Waals surface area contributed by atoms with Crippen molar-refractivity contribution in [3.8, 4) is 11.4 Å². The van der Waals surface area contributed by atoms with Gasteiger partial charge in [-0.15, -0.1) is 23.4 Å². The maximum absolute atomic E-state index is 12.1. The van der Waals surface area contributed by atoms with Crippen molar-refractivity contribution >= 4 is 17.7 Å². The molecule has 27 heavy (non-hydrogen) atoms. The lowest BCUT2D eigenvalue weighted by Crippen LogP contribution is -2.31. The Balaban J connectivity index is 2.27. The van der Waals surface area contributed by atoms with Gasteiger partial charge in [0.2, 0.25) is 5.91 Å². The molecular formula is C21H28N4OS. The van der Waals surface area contributed by atoms with E-state index in [1.165, 1.54) is 17.3 Å². The second-order valence-electron chi connectivity index (χ2n) is 7.33. The van der Waals surface area contributed by atoms with E-state index >= 15 is 0 Å². The summed E-state index contributed by atoms with van der Waals surface area (Å²) in [4.78, 5) is 12.1. The first-order valence-corrected chi connectivity index (χ1v) is 9.86. The fourth-order valence-electron chi connectivity index (χ4n) is 2.53. The number of amides is 1. The molecule has 0 bridgehead atoms. The lowest BCUT2D eigenvalue weighted by molar-refractivity contribution is -0.120. The van der Waals surface area contributed by atoms with Gasteiger partial charge in [-0.3, -0.25) is 9.36 Å². The van der Waals surface area contributed by atoms with E-state index in [1.807, 2.05) is 17.6 Å². The summed E-state index contributed by atoms with van der Waals surface area (Å²) >= 11 is 1.39.